The molecule has 1 fully saturated rings. The fourth-order valence-electron chi connectivity index (χ4n) is 2.94. The van der Waals surface area contributed by atoms with E-state index in [4.69, 9.17) is 18.9 Å². The van der Waals surface area contributed by atoms with Crippen LogP contribution in [0.4, 0.5) is 0 Å². The monoisotopic (exact) mass is 440 g/mol. The summed E-state index contributed by atoms with van der Waals surface area (Å²) in [7, 11) is 4.33. The maximum Gasteiger partial charge on any atom is 0.307 e. The standard InChI is InChI=1S/C20H28N2O7S/c1-26-16-5-4-14(10-17(16)27-2)15(11-20(25)28-3)21-18(23)12-30-13-19(24)22-6-8-29-9-7-22/h4-5,10,15H,6-9,11-13H2,1-3H3,(H,21,23). The third-order valence-electron chi connectivity index (χ3n) is 4.57. The predicted molar refractivity (Wildman–Crippen MR) is 112 cm³/mol. The molecule has 0 bridgehead atoms. The van der Waals surface area contributed by atoms with Crippen molar-refractivity contribution >= 4 is 29.5 Å². The summed E-state index contributed by atoms with van der Waals surface area (Å²) in [4.78, 5) is 38.2. The Morgan fingerprint density at radius 1 is 1.10 bits per heavy atom. The Kier molecular flexibility index (Phi) is 9.75. The molecule has 2 amide bonds. The van der Waals surface area contributed by atoms with Crippen molar-refractivity contribution in [3.05, 3.63) is 23.8 Å². The molecule has 1 aromatic rings. The number of benzene rings is 1. The largest absolute Gasteiger partial charge is 0.493 e. The Labute approximate surface area is 180 Å². The Balaban J connectivity index is 1.95. The van der Waals surface area contributed by atoms with E-state index in [9.17, 15) is 14.4 Å². The summed E-state index contributed by atoms with van der Waals surface area (Å²) in [5.41, 5.74) is 0.681. The fraction of sp³-hybridized carbons (Fsp3) is 0.550. The van der Waals surface area contributed by atoms with Crippen LogP contribution in [-0.4, -0.2) is 81.8 Å². The number of ether oxygens (including phenoxy) is 4. The lowest BCUT2D eigenvalue weighted by Gasteiger charge is -2.26. The van der Waals surface area contributed by atoms with E-state index in [0.29, 0.717) is 43.4 Å². The van der Waals surface area contributed by atoms with Gasteiger partial charge in [-0.05, 0) is 17.7 Å². The van der Waals surface area contributed by atoms with Gasteiger partial charge in [-0.25, -0.2) is 0 Å². The molecule has 0 radical (unpaired) electrons. The molecule has 9 nitrogen and oxygen atoms in total. The second kappa shape index (κ2) is 12.3. The summed E-state index contributed by atoms with van der Waals surface area (Å²) >= 11 is 1.23. The Morgan fingerprint density at radius 3 is 2.43 bits per heavy atom. The third-order valence-corrected chi connectivity index (χ3v) is 5.48. The zero-order valence-electron chi connectivity index (χ0n) is 17.5. The van der Waals surface area contributed by atoms with E-state index in [1.807, 2.05) is 0 Å². The molecule has 1 saturated heterocycles. The van der Waals surface area contributed by atoms with Gasteiger partial charge >= 0.3 is 5.97 Å². The first-order chi connectivity index (χ1) is 14.5. The van der Waals surface area contributed by atoms with E-state index in [2.05, 4.69) is 5.32 Å². The van der Waals surface area contributed by atoms with Crippen molar-refractivity contribution in [2.24, 2.45) is 0 Å². The summed E-state index contributed by atoms with van der Waals surface area (Å²) in [6.07, 6.45) is -0.0326. The first kappa shape index (κ1) is 23.8. The van der Waals surface area contributed by atoms with Crippen molar-refractivity contribution in [2.75, 3.05) is 59.1 Å². The zero-order chi connectivity index (χ0) is 21.9. The van der Waals surface area contributed by atoms with Crippen molar-refractivity contribution in [3.8, 4) is 11.5 Å². The molecule has 30 heavy (non-hydrogen) atoms. The van der Waals surface area contributed by atoms with Gasteiger partial charge < -0.3 is 29.2 Å². The van der Waals surface area contributed by atoms with Gasteiger partial charge in [-0.3, -0.25) is 14.4 Å². The first-order valence-electron chi connectivity index (χ1n) is 9.49. The van der Waals surface area contributed by atoms with Crippen molar-refractivity contribution in [1.82, 2.24) is 10.2 Å². The normalized spacial score (nSPS) is 14.6. The molecule has 0 aliphatic carbocycles. The lowest BCUT2D eigenvalue weighted by atomic mass is 10.0. The second-order valence-electron chi connectivity index (χ2n) is 6.50. The molecule has 166 valence electrons. The number of rotatable bonds is 10. The lowest BCUT2D eigenvalue weighted by Crippen LogP contribution is -2.41. The number of hydrogen-bond acceptors (Lipinski definition) is 8. The van der Waals surface area contributed by atoms with Crippen LogP contribution in [0.25, 0.3) is 0 Å². The summed E-state index contributed by atoms with van der Waals surface area (Å²) < 4.78 is 20.5. The van der Waals surface area contributed by atoms with Crippen molar-refractivity contribution in [2.45, 2.75) is 12.5 Å². The first-order valence-corrected chi connectivity index (χ1v) is 10.6. The number of morpholine rings is 1. The van der Waals surface area contributed by atoms with Crippen LogP contribution in [0.5, 0.6) is 11.5 Å². The molecule has 1 atom stereocenters. The smallest absolute Gasteiger partial charge is 0.307 e. The fourth-order valence-corrected chi connectivity index (χ4v) is 3.67. The average molecular weight is 441 g/mol. The Hall–Kier alpha value is -2.46. The van der Waals surface area contributed by atoms with Gasteiger partial charge in [0.05, 0.1) is 58.5 Å². The molecule has 0 aromatic heterocycles. The van der Waals surface area contributed by atoms with Crippen molar-refractivity contribution in [3.63, 3.8) is 0 Å². The summed E-state index contributed by atoms with van der Waals surface area (Å²) in [5.74, 6) is 0.601. The summed E-state index contributed by atoms with van der Waals surface area (Å²) in [6, 6.07) is 4.58. The third kappa shape index (κ3) is 7.10. The van der Waals surface area contributed by atoms with E-state index < -0.39 is 12.0 Å². The predicted octanol–water partition coefficient (Wildman–Crippen LogP) is 1.02. The quantitative estimate of drug-likeness (QED) is 0.538. The van der Waals surface area contributed by atoms with Crippen LogP contribution >= 0.6 is 11.8 Å². The van der Waals surface area contributed by atoms with Gasteiger partial charge in [-0.15, -0.1) is 11.8 Å². The number of nitrogens with zero attached hydrogens (tertiary/aromatic N) is 1. The molecular weight excluding hydrogens is 412 g/mol. The van der Waals surface area contributed by atoms with Crippen LogP contribution in [0.2, 0.25) is 0 Å². The van der Waals surface area contributed by atoms with E-state index in [-0.39, 0.29) is 29.7 Å². The molecule has 1 N–H and O–H groups in total. The number of esters is 1. The molecular formula is C20H28N2O7S. The molecule has 0 saturated carbocycles. The Bertz CT molecular complexity index is 738. The second-order valence-corrected chi connectivity index (χ2v) is 7.49. The molecule has 10 heteroatoms. The zero-order valence-corrected chi connectivity index (χ0v) is 18.3. The van der Waals surface area contributed by atoms with Crippen molar-refractivity contribution in [1.29, 1.82) is 0 Å². The van der Waals surface area contributed by atoms with Crippen LogP contribution in [0.3, 0.4) is 0 Å². The highest BCUT2D eigenvalue weighted by Gasteiger charge is 2.22. The topological polar surface area (TPSA) is 103 Å². The average Bonchev–Trinajstić information content (AvgIpc) is 2.78. The van der Waals surface area contributed by atoms with Gasteiger partial charge in [-0.1, -0.05) is 6.07 Å². The van der Waals surface area contributed by atoms with Crippen LogP contribution in [0.15, 0.2) is 18.2 Å². The maximum atomic E-state index is 12.4. The number of methoxy groups -OCH3 is 3. The van der Waals surface area contributed by atoms with Crippen LogP contribution in [0.1, 0.15) is 18.0 Å². The van der Waals surface area contributed by atoms with Gasteiger partial charge in [0.2, 0.25) is 11.8 Å². The van der Waals surface area contributed by atoms with E-state index in [1.165, 1.54) is 33.1 Å². The summed E-state index contributed by atoms with van der Waals surface area (Å²) in [5, 5.41) is 2.84. The van der Waals surface area contributed by atoms with Crippen LogP contribution < -0.4 is 14.8 Å². The SMILES string of the molecule is COC(=O)CC(NC(=O)CSCC(=O)N1CCOCC1)c1ccc(OC)c(OC)c1. The number of carbonyl (C=O) groups is 3. The highest BCUT2D eigenvalue weighted by Crippen LogP contribution is 2.31. The molecule has 1 aromatic carbocycles. The van der Waals surface area contributed by atoms with E-state index in [1.54, 1.807) is 23.1 Å². The van der Waals surface area contributed by atoms with Gasteiger partial charge in [0.15, 0.2) is 11.5 Å². The van der Waals surface area contributed by atoms with Gasteiger partial charge in [0.25, 0.3) is 0 Å². The Morgan fingerprint density at radius 2 is 1.80 bits per heavy atom. The van der Waals surface area contributed by atoms with E-state index in [0.717, 1.165) is 0 Å². The number of amides is 2. The number of hydrogen-bond donors (Lipinski definition) is 1. The minimum Gasteiger partial charge on any atom is -0.493 e. The van der Waals surface area contributed by atoms with Crippen LogP contribution in [-0.2, 0) is 23.9 Å². The van der Waals surface area contributed by atoms with E-state index >= 15 is 0 Å². The van der Waals surface area contributed by atoms with Gasteiger partial charge in [0.1, 0.15) is 0 Å². The maximum absolute atomic E-state index is 12.4. The van der Waals surface area contributed by atoms with Gasteiger partial charge in [-0.2, -0.15) is 0 Å². The van der Waals surface area contributed by atoms with Gasteiger partial charge in [0, 0.05) is 13.1 Å². The molecule has 1 heterocycles. The lowest BCUT2D eigenvalue weighted by molar-refractivity contribution is -0.141. The number of carbonyl (C=O) groups excluding carboxylic acids is 3. The molecule has 1 aliphatic heterocycles. The highest BCUT2D eigenvalue weighted by molar-refractivity contribution is 8.00. The molecule has 2 rings (SSSR count). The molecule has 0 spiro atoms. The molecule has 1 aliphatic rings. The molecule has 1 unspecified atom stereocenters. The minimum absolute atomic E-state index is 0.0119. The number of nitrogens with one attached hydrogen (secondary N) is 1. The number of thioether (sulfide) groups is 1. The summed E-state index contributed by atoms with van der Waals surface area (Å²) in [6.45, 7) is 2.23. The van der Waals surface area contributed by atoms with Crippen LogP contribution in [0, 0.1) is 0 Å². The minimum atomic E-state index is -0.597. The van der Waals surface area contributed by atoms with Crippen molar-refractivity contribution < 1.29 is 33.3 Å². The highest BCUT2D eigenvalue weighted by atomic mass is 32.2.